The number of hydrogen-bond acceptors (Lipinski definition) is 5. The summed E-state index contributed by atoms with van der Waals surface area (Å²) in [5.41, 5.74) is -0.224. The first-order valence-corrected chi connectivity index (χ1v) is 11.4. The molecule has 0 fully saturated rings. The minimum Gasteiger partial charge on any atom is -0.454 e. The second-order valence-corrected chi connectivity index (χ2v) is 9.35. The van der Waals surface area contributed by atoms with Gasteiger partial charge in [-0.15, -0.1) is 0 Å². The molecule has 0 aliphatic carbocycles. The van der Waals surface area contributed by atoms with Crippen molar-refractivity contribution in [2.45, 2.75) is 18.0 Å². The number of rotatable bonds is 6. The van der Waals surface area contributed by atoms with E-state index < -0.39 is 34.2 Å². The highest BCUT2D eigenvalue weighted by molar-refractivity contribution is 7.92. The molecule has 1 aliphatic heterocycles. The molecule has 0 aromatic heterocycles. The van der Waals surface area contributed by atoms with Crippen molar-refractivity contribution >= 4 is 27.3 Å². The quantitative estimate of drug-likeness (QED) is 0.545. The molecule has 1 N–H and O–H groups in total. The molecule has 3 aromatic carbocycles. The lowest BCUT2D eigenvalue weighted by molar-refractivity contribution is -0.137. The lowest BCUT2D eigenvalue weighted by Crippen LogP contribution is -2.38. The van der Waals surface area contributed by atoms with E-state index in [9.17, 15) is 26.4 Å². The normalized spacial score (nSPS) is 12.9. The van der Waals surface area contributed by atoms with Crippen LogP contribution in [0.5, 0.6) is 11.5 Å². The van der Waals surface area contributed by atoms with Crippen LogP contribution in [0.4, 0.5) is 24.5 Å². The van der Waals surface area contributed by atoms with Gasteiger partial charge in [-0.1, -0.05) is 23.8 Å². The molecular weight excluding hydrogens is 473 g/mol. The Hall–Kier alpha value is -3.73. The molecule has 3 aromatic rings. The molecule has 0 spiro atoms. The van der Waals surface area contributed by atoms with Gasteiger partial charge in [-0.3, -0.25) is 9.10 Å². The zero-order chi connectivity index (χ0) is 24.5. The van der Waals surface area contributed by atoms with Gasteiger partial charge in [0.2, 0.25) is 12.7 Å². The van der Waals surface area contributed by atoms with Crippen molar-refractivity contribution in [2.24, 2.45) is 0 Å². The molecule has 0 atom stereocenters. The van der Waals surface area contributed by atoms with E-state index in [-0.39, 0.29) is 17.4 Å². The predicted octanol–water partition coefficient (Wildman–Crippen LogP) is 4.58. The summed E-state index contributed by atoms with van der Waals surface area (Å²) < 4.78 is 77.7. The summed E-state index contributed by atoms with van der Waals surface area (Å²) >= 11 is 0. The van der Waals surface area contributed by atoms with Crippen molar-refractivity contribution < 1.29 is 35.9 Å². The molecule has 0 saturated heterocycles. The van der Waals surface area contributed by atoms with Gasteiger partial charge in [0.15, 0.2) is 11.5 Å². The summed E-state index contributed by atoms with van der Waals surface area (Å²) in [4.78, 5) is 12.6. The van der Waals surface area contributed by atoms with E-state index in [2.05, 4.69) is 5.32 Å². The van der Waals surface area contributed by atoms with Crippen LogP contribution >= 0.6 is 0 Å². The van der Waals surface area contributed by atoms with Crippen LogP contribution in [0.25, 0.3) is 0 Å². The highest BCUT2D eigenvalue weighted by Crippen LogP contribution is 2.35. The number of fused-ring (bicyclic) bond motifs is 1. The standard InChI is InChI=1S/C23H19F3N2O5S/c1-15-5-8-19(9-6-15)34(30,31)28(18-4-2-3-16(11-18)23(24,25)26)13-22(29)27-17-7-10-20-21(12-17)33-14-32-20/h2-12H,13-14H2,1H3,(H,27,29). The van der Waals surface area contributed by atoms with Crippen molar-refractivity contribution in [1.29, 1.82) is 0 Å². The van der Waals surface area contributed by atoms with Crippen molar-refractivity contribution in [3.8, 4) is 11.5 Å². The lowest BCUT2D eigenvalue weighted by Gasteiger charge is -2.25. The number of aryl methyl sites for hydroxylation is 1. The Morgan fingerprint density at radius 1 is 1.00 bits per heavy atom. The van der Waals surface area contributed by atoms with Crippen LogP contribution in [-0.2, 0) is 21.0 Å². The first-order chi connectivity index (χ1) is 16.0. The number of carbonyl (C=O) groups is 1. The van der Waals surface area contributed by atoms with Gasteiger partial charge in [0.05, 0.1) is 16.1 Å². The minimum atomic E-state index is -4.69. The second kappa shape index (κ2) is 8.90. The van der Waals surface area contributed by atoms with Crippen LogP contribution in [-0.4, -0.2) is 27.7 Å². The summed E-state index contributed by atoms with van der Waals surface area (Å²) in [7, 11) is -4.37. The van der Waals surface area contributed by atoms with E-state index in [1.807, 2.05) is 0 Å². The van der Waals surface area contributed by atoms with Gasteiger partial charge in [-0.05, 0) is 49.4 Å². The maximum Gasteiger partial charge on any atom is 0.416 e. The van der Waals surface area contributed by atoms with Gasteiger partial charge >= 0.3 is 6.18 Å². The SMILES string of the molecule is Cc1ccc(S(=O)(=O)N(CC(=O)Nc2ccc3c(c2)OCO3)c2cccc(C(F)(F)F)c2)cc1. The van der Waals surface area contributed by atoms with Gasteiger partial charge < -0.3 is 14.8 Å². The average Bonchev–Trinajstić information content (AvgIpc) is 3.25. The van der Waals surface area contributed by atoms with E-state index in [0.717, 1.165) is 17.7 Å². The number of carbonyl (C=O) groups excluding carboxylic acids is 1. The van der Waals surface area contributed by atoms with Crippen LogP contribution in [0.1, 0.15) is 11.1 Å². The molecule has 0 radical (unpaired) electrons. The van der Waals surface area contributed by atoms with Gasteiger partial charge in [-0.2, -0.15) is 13.2 Å². The number of nitrogens with zero attached hydrogens (tertiary/aromatic N) is 1. The van der Waals surface area contributed by atoms with Crippen molar-refractivity contribution in [3.05, 3.63) is 77.9 Å². The number of nitrogens with one attached hydrogen (secondary N) is 1. The first kappa shape index (κ1) is 23.4. The topological polar surface area (TPSA) is 84.9 Å². The summed E-state index contributed by atoms with van der Waals surface area (Å²) in [5, 5.41) is 2.55. The molecule has 11 heteroatoms. The molecule has 34 heavy (non-hydrogen) atoms. The number of anilines is 2. The first-order valence-electron chi connectivity index (χ1n) is 10.0. The maximum atomic E-state index is 13.4. The number of sulfonamides is 1. The molecule has 1 amide bonds. The Labute approximate surface area is 193 Å². The van der Waals surface area contributed by atoms with Gasteiger partial charge in [-0.25, -0.2) is 8.42 Å². The highest BCUT2D eigenvalue weighted by atomic mass is 32.2. The van der Waals surface area contributed by atoms with Gasteiger partial charge in [0.1, 0.15) is 6.54 Å². The summed E-state index contributed by atoms with van der Waals surface area (Å²) in [6.45, 7) is 1.04. The van der Waals surface area contributed by atoms with Crippen LogP contribution in [0.15, 0.2) is 71.6 Å². The van der Waals surface area contributed by atoms with Crippen molar-refractivity contribution in [2.75, 3.05) is 23.0 Å². The molecule has 1 heterocycles. The highest BCUT2D eigenvalue weighted by Gasteiger charge is 2.33. The molecule has 0 bridgehead atoms. The van der Waals surface area contributed by atoms with Crippen LogP contribution in [0.3, 0.4) is 0 Å². The minimum absolute atomic E-state index is 0.0326. The Morgan fingerprint density at radius 2 is 1.71 bits per heavy atom. The van der Waals surface area contributed by atoms with E-state index in [1.165, 1.54) is 30.3 Å². The number of benzene rings is 3. The van der Waals surface area contributed by atoms with E-state index >= 15 is 0 Å². The third-order valence-electron chi connectivity index (χ3n) is 5.01. The fourth-order valence-electron chi connectivity index (χ4n) is 3.30. The third-order valence-corrected chi connectivity index (χ3v) is 6.80. The Morgan fingerprint density at radius 3 is 2.41 bits per heavy atom. The summed E-state index contributed by atoms with van der Waals surface area (Å²) in [6, 6.07) is 14.2. The average molecular weight is 492 g/mol. The number of ether oxygens (including phenoxy) is 2. The number of halogens is 3. The third kappa shape index (κ3) is 4.93. The molecule has 0 unspecified atom stereocenters. The Bertz CT molecular complexity index is 1330. The zero-order valence-electron chi connectivity index (χ0n) is 17.8. The predicted molar refractivity (Wildman–Crippen MR) is 118 cm³/mol. The molecule has 178 valence electrons. The maximum absolute atomic E-state index is 13.4. The van der Waals surface area contributed by atoms with E-state index in [1.54, 1.807) is 25.1 Å². The fraction of sp³-hybridized carbons (Fsp3) is 0.174. The van der Waals surface area contributed by atoms with Crippen LogP contribution in [0, 0.1) is 6.92 Å². The fourth-order valence-corrected chi connectivity index (χ4v) is 4.71. The lowest BCUT2D eigenvalue weighted by atomic mass is 10.2. The largest absolute Gasteiger partial charge is 0.454 e. The van der Waals surface area contributed by atoms with E-state index in [4.69, 9.17) is 9.47 Å². The monoisotopic (exact) mass is 492 g/mol. The Kier molecular flexibility index (Phi) is 6.13. The second-order valence-electron chi connectivity index (χ2n) is 7.49. The molecule has 7 nitrogen and oxygen atoms in total. The van der Waals surface area contributed by atoms with Gasteiger partial charge in [0, 0.05) is 11.8 Å². The molecule has 0 saturated carbocycles. The Balaban J connectivity index is 1.67. The molecule has 1 aliphatic rings. The smallest absolute Gasteiger partial charge is 0.416 e. The number of hydrogen-bond donors (Lipinski definition) is 1. The number of amides is 1. The van der Waals surface area contributed by atoms with Crippen molar-refractivity contribution in [3.63, 3.8) is 0 Å². The molecular formula is C23H19F3N2O5S. The number of alkyl halides is 3. The zero-order valence-corrected chi connectivity index (χ0v) is 18.6. The van der Waals surface area contributed by atoms with Crippen molar-refractivity contribution in [1.82, 2.24) is 0 Å². The van der Waals surface area contributed by atoms with Crippen LogP contribution in [0.2, 0.25) is 0 Å². The summed E-state index contributed by atoms with van der Waals surface area (Å²) in [5.74, 6) is 0.136. The summed E-state index contributed by atoms with van der Waals surface area (Å²) in [6.07, 6.45) is -4.69. The van der Waals surface area contributed by atoms with Gasteiger partial charge in [0.25, 0.3) is 10.0 Å². The van der Waals surface area contributed by atoms with Crippen LogP contribution < -0.4 is 19.1 Å². The molecule has 4 rings (SSSR count). The van der Waals surface area contributed by atoms with E-state index in [0.29, 0.717) is 27.6 Å².